The Hall–Kier alpha value is -1.97. The van der Waals surface area contributed by atoms with E-state index in [2.05, 4.69) is 13.5 Å². The Morgan fingerprint density at radius 3 is 1.94 bits per heavy atom. The van der Waals surface area contributed by atoms with Crippen molar-refractivity contribution >= 4 is 5.97 Å². The minimum atomic E-state index is -1.34. The second-order valence-corrected chi connectivity index (χ2v) is 8.32. The van der Waals surface area contributed by atoms with Crippen molar-refractivity contribution in [3.05, 3.63) is 42.5 Å². The number of carboxylic acid groups (broad SMARTS) is 1. The van der Waals surface area contributed by atoms with Gasteiger partial charge in [0.15, 0.2) is 0 Å². The number of hydrogen-bond donors (Lipinski definition) is 3. The molecule has 0 aliphatic carbocycles. The van der Waals surface area contributed by atoms with E-state index in [-0.39, 0.29) is 18.8 Å². The van der Waals surface area contributed by atoms with E-state index in [1.165, 1.54) is 39.0 Å². The van der Waals surface area contributed by atoms with Crippen molar-refractivity contribution in [1.29, 1.82) is 0 Å². The number of aliphatic hydroxyl groups excluding tert-OH is 1. The van der Waals surface area contributed by atoms with E-state index in [9.17, 15) is 9.90 Å². The van der Waals surface area contributed by atoms with Gasteiger partial charge < -0.3 is 34.3 Å². The van der Waals surface area contributed by atoms with Gasteiger partial charge in [-0.05, 0) is 25.5 Å². The Balaban J connectivity index is 0.00000170. The highest BCUT2D eigenvalue weighted by atomic mass is 16.7. The molecule has 0 saturated carbocycles. The molecule has 1 rings (SSSR count). The number of unbranched alkanes of at least 4 members (excludes halogenated alkanes) is 6. The smallest absolute Gasteiger partial charge is 0.330 e. The van der Waals surface area contributed by atoms with E-state index >= 15 is 0 Å². The highest BCUT2D eigenvalue weighted by Crippen LogP contribution is 2.22. The lowest BCUT2D eigenvalue weighted by Gasteiger charge is -2.29. The molecule has 0 amide bonds. The molecule has 0 heterocycles. The van der Waals surface area contributed by atoms with Gasteiger partial charge in [0.1, 0.15) is 12.4 Å². The largest absolute Gasteiger partial charge is 0.478 e. The summed E-state index contributed by atoms with van der Waals surface area (Å²) in [5.41, 5.74) is 0.176. The monoisotopic (exact) mass is 498 g/mol. The van der Waals surface area contributed by atoms with Crippen LogP contribution in [-0.4, -0.2) is 73.3 Å². The minimum Gasteiger partial charge on any atom is -0.478 e. The van der Waals surface area contributed by atoms with E-state index in [0.29, 0.717) is 45.2 Å². The fraction of sp³-hybridized carbons (Fsp3) is 0.667. The van der Waals surface area contributed by atoms with Crippen LogP contribution >= 0.6 is 0 Å². The average Bonchev–Trinajstić information content (AvgIpc) is 2.83. The molecule has 0 spiro atoms. The second-order valence-electron chi connectivity index (χ2n) is 8.32. The molecule has 3 N–H and O–H groups in total. The molecular formula is C27H46O8. The lowest BCUT2D eigenvalue weighted by molar-refractivity contribution is -0.185. The maximum atomic E-state index is 11.0. The summed E-state index contributed by atoms with van der Waals surface area (Å²) < 4.78 is 22.0. The van der Waals surface area contributed by atoms with Gasteiger partial charge >= 0.3 is 5.97 Å². The molecule has 1 unspecified atom stereocenters. The zero-order chi connectivity index (χ0) is 26.2. The number of aliphatic carboxylic acids is 1. The summed E-state index contributed by atoms with van der Waals surface area (Å²) >= 11 is 0. The van der Waals surface area contributed by atoms with Gasteiger partial charge in [0.2, 0.25) is 5.79 Å². The Kier molecular flexibility index (Phi) is 21.2. The third kappa shape index (κ3) is 21.1. The maximum absolute atomic E-state index is 11.0. The Morgan fingerprint density at radius 1 is 0.886 bits per heavy atom. The number of para-hydroxylation sites is 1. The lowest BCUT2D eigenvalue weighted by Crippen LogP contribution is -2.41. The number of benzene rings is 1. The van der Waals surface area contributed by atoms with Crippen LogP contribution in [0.5, 0.6) is 5.75 Å². The molecule has 0 aliphatic heterocycles. The molecule has 0 aromatic heterocycles. The molecule has 0 saturated heterocycles. The third-order valence-electron chi connectivity index (χ3n) is 4.89. The Labute approximate surface area is 210 Å². The average molecular weight is 499 g/mol. The molecule has 8 nitrogen and oxygen atoms in total. The Morgan fingerprint density at radius 2 is 1.40 bits per heavy atom. The van der Waals surface area contributed by atoms with Crippen molar-refractivity contribution in [2.75, 3.05) is 46.2 Å². The van der Waals surface area contributed by atoms with Gasteiger partial charge in [0.25, 0.3) is 0 Å². The van der Waals surface area contributed by atoms with Crippen LogP contribution < -0.4 is 4.74 Å². The van der Waals surface area contributed by atoms with E-state index in [4.69, 9.17) is 29.2 Å². The van der Waals surface area contributed by atoms with Crippen LogP contribution in [0.15, 0.2) is 42.5 Å². The molecular weight excluding hydrogens is 452 g/mol. The summed E-state index contributed by atoms with van der Waals surface area (Å²) in [4.78, 5) is 9.60. The van der Waals surface area contributed by atoms with Gasteiger partial charge in [0.05, 0.1) is 39.6 Å². The summed E-state index contributed by atoms with van der Waals surface area (Å²) in [6, 6.07) is 9.37. The number of ether oxygens (including phenoxy) is 4. The van der Waals surface area contributed by atoms with Crippen molar-refractivity contribution in [3.63, 3.8) is 0 Å². The predicted molar refractivity (Wildman–Crippen MR) is 137 cm³/mol. The summed E-state index contributed by atoms with van der Waals surface area (Å²) in [7, 11) is 0. The minimum absolute atomic E-state index is 0.0157. The number of carbonyl (C=O) groups is 1. The first kappa shape index (κ1) is 33.0. The number of carboxylic acids is 1. The van der Waals surface area contributed by atoms with Crippen LogP contribution in [0.4, 0.5) is 0 Å². The van der Waals surface area contributed by atoms with Gasteiger partial charge in [-0.3, -0.25) is 0 Å². The lowest BCUT2D eigenvalue weighted by atomic mass is 10.0. The van der Waals surface area contributed by atoms with Crippen molar-refractivity contribution in [3.8, 4) is 5.75 Å². The zero-order valence-electron chi connectivity index (χ0n) is 21.6. The van der Waals surface area contributed by atoms with Crippen molar-refractivity contribution in [1.82, 2.24) is 0 Å². The molecule has 35 heavy (non-hydrogen) atoms. The number of aliphatic hydroxyl groups is 2. The molecule has 0 aliphatic rings. The molecule has 1 aromatic carbocycles. The fourth-order valence-corrected chi connectivity index (χ4v) is 2.95. The molecule has 202 valence electrons. The van der Waals surface area contributed by atoms with Gasteiger partial charge in [0, 0.05) is 12.0 Å². The molecule has 0 bridgehead atoms. The first-order valence-corrected chi connectivity index (χ1v) is 12.5. The van der Waals surface area contributed by atoms with Crippen LogP contribution in [0.1, 0.15) is 65.2 Å². The van der Waals surface area contributed by atoms with Crippen LogP contribution in [0.3, 0.4) is 0 Å². The normalized spacial score (nSPS) is 12.3. The van der Waals surface area contributed by atoms with Gasteiger partial charge in [-0.2, -0.15) is 0 Å². The van der Waals surface area contributed by atoms with Gasteiger partial charge in [-0.25, -0.2) is 4.79 Å². The molecule has 1 atom stereocenters. The SMILES string of the molecule is C=C(C)C(=O)O.CCCCCCCCCC(O)(COCCOCCOCCO)Oc1ccccc1. The summed E-state index contributed by atoms with van der Waals surface area (Å²) in [5, 5.41) is 27.5. The number of hydrogen-bond acceptors (Lipinski definition) is 7. The van der Waals surface area contributed by atoms with Gasteiger partial charge in [-0.1, -0.05) is 70.2 Å². The van der Waals surface area contributed by atoms with Crippen LogP contribution in [-0.2, 0) is 19.0 Å². The summed E-state index contributed by atoms with van der Waals surface area (Å²) in [5.74, 6) is -1.64. The summed E-state index contributed by atoms with van der Waals surface area (Å²) in [6.45, 7) is 8.94. The van der Waals surface area contributed by atoms with Crippen molar-refractivity contribution < 1.29 is 39.1 Å². The van der Waals surface area contributed by atoms with E-state index in [1.54, 1.807) is 0 Å². The quantitative estimate of drug-likeness (QED) is 0.128. The maximum Gasteiger partial charge on any atom is 0.330 e. The fourth-order valence-electron chi connectivity index (χ4n) is 2.95. The molecule has 0 radical (unpaired) electrons. The summed E-state index contributed by atoms with van der Waals surface area (Å²) in [6.07, 6.45) is 8.79. The predicted octanol–water partition coefficient (Wildman–Crippen LogP) is 4.58. The van der Waals surface area contributed by atoms with Crippen LogP contribution in [0.25, 0.3) is 0 Å². The zero-order valence-corrected chi connectivity index (χ0v) is 21.6. The first-order valence-electron chi connectivity index (χ1n) is 12.5. The standard InChI is InChI=1S/C23H40O6.C4H6O2/c1-2-3-4-5-6-7-11-14-23(25,29-22-12-9-8-10-13-22)21-28-20-19-27-18-17-26-16-15-24;1-3(2)4(5)6/h8-10,12-13,24-25H,2-7,11,14-21H2,1H3;1H2,2H3,(H,5,6). The highest BCUT2D eigenvalue weighted by Gasteiger charge is 2.29. The van der Waals surface area contributed by atoms with E-state index in [0.717, 1.165) is 12.8 Å². The van der Waals surface area contributed by atoms with E-state index in [1.807, 2.05) is 30.3 Å². The number of rotatable bonds is 21. The topological polar surface area (TPSA) is 115 Å². The molecule has 8 heteroatoms. The second kappa shape index (κ2) is 22.5. The van der Waals surface area contributed by atoms with Crippen molar-refractivity contribution in [2.45, 2.75) is 71.0 Å². The highest BCUT2D eigenvalue weighted by molar-refractivity contribution is 5.84. The van der Waals surface area contributed by atoms with Gasteiger partial charge in [-0.15, -0.1) is 0 Å². The van der Waals surface area contributed by atoms with E-state index < -0.39 is 11.8 Å². The third-order valence-corrected chi connectivity index (χ3v) is 4.89. The molecule has 0 fully saturated rings. The first-order chi connectivity index (χ1) is 16.8. The van der Waals surface area contributed by atoms with Crippen LogP contribution in [0, 0.1) is 0 Å². The van der Waals surface area contributed by atoms with Crippen LogP contribution in [0.2, 0.25) is 0 Å². The molecule has 1 aromatic rings. The Bertz CT molecular complexity index is 625. The van der Waals surface area contributed by atoms with Crippen molar-refractivity contribution in [2.24, 2.45) is 0 Å².